The third kappa shape index (κ3) is 42.5. The van der Waals surface area contributed by atoms with Crippen molar-refractivity contribution in [3.05, 3.63) is 36.5 Å². The monoisotopic (exact) mass is 802 g/mol. The first kappa shape index (κ1) is 55.6. The van der Waals surface area contributed by atoms with Gasteiger partial charge in [-0.2, -0.15) is 0 Å². The highest BCUT2D eigenvalue weighted by Gasteiger charge is 2.22. The molecule has 0 aromatic rings. The Balaban J connectivity index is 3.64. The first-order chi connectivity index (χ1) is 28.1. The minimum Gasteiger partial charge on any atom is -0.394 e. The number of nitrogens with one attached hydrogen (secondary N) is 1. The maximum absolute atomic E-state index is 12.5. The van der Waals surface area contributed by atoms with Crippen LogP contribution in [0.25, 0.3) is 0 Å². The Morgan fingerprint density at radius 3 is 1.11 bits per heavy atom. The standard InChI is InChI=1S/C52H99NO4/c1-3-5-7-9-11-13-15-17-19-21-23-24-25-26-27-29-31-33-35-37-39-41-43-45-47-51(56)52(57)53-49(48-54)50(55)46-44-42-40-38-36-34-32-30-28-22-20-18-16-14-12-10-8-6-4-2/h23-24,26-27,44,46,49-51,54-56H,3-22,25,28-43,45,47-48H2,1-2H3,(H,53,57)/b24-23-,27-26-,46-44+. The van der Waals surface area contributed by atoms with Crippen LogP contribution in [0.2, 0.25) is 0 Å². The number of aliphatic hydroxyl groups is 3. The number of rotatable bonds is 46. The second-order valence-corrected chi connectivity index (χ2v) is 17.4. The van der Waals surface area contributed by atoms with Crippen molar-refractivity contribution >= 4 is 5.91 Å². The predicted molar refractivity (Wildman–Crippen MR) is 250 cm³/mol. The van der Waals surface area contributed by atoms with Gasteiger partial charge >= 0.3 is 0 Å². The molecule has 57 heavy (non-hydrogen) atoms. The second kappa shape index (κ2) is 47.3. The van der Waals surface area contributed by atoms with Gasteiger partial charge in [0, 0.05) is 0 Å². The molecule has 0 aliphatic heterocycles. The normalized spacial score (nSPS) is 13.7. The molecule has 4 N–H and O–H groups in total. The largest absolute Gasteiger partial charge is 0.394 e. The van der Waals surface area contributed by atoms with E-state index in [0.717, 1.165) is 38.5 Å². The Hall–Kier alpha value is -1.43. The van der Waals surface area contributed by atoms with Gasteiger partial charge < -0.3 is 20.6 Å². The topological polar surface area (TPSA) is 89.8 Å². The van der Waals surface area contributed by atoms with E-state index in [-0.39, 0.29) is 6.61 Å². The number of carbonyl (C=O) groups is 1. The van der Waals surface area contributed by atoms with Crippen molar-refractivity contribution in [3.63, 3.8) is 0 Å². The van der Waals surface area contributed by atoms with Crippen LogP contribution in [0.4, 0.5) is 0 Å². The molecule has 0 spiro atoms. The van der Waals surface area contributed by atoms with Crippen molar-refractivity contribution in [1.82, 2.24) is 5.32 Å². The van der Waals surface area contributed by atoms with Crippen LogP contribution in [-0.4, -0.2) is 46.1 Å². The van der Waals surface area contributed by atoms with Crippen molar-refractivity contribution in [2.75, 3.05) is 6.61 Å². The quantitative estimate of drug-likeness (QED) is 0.0365. The third-order valence-electron chi connectivity index (χ3n) is 11.7. The minimum absolute atomic E-state index is 0.365. The Labute approximate surface area is 355 Å². The summed E-state index contributed by atoms with van der Waals surface area (Å²) in [5, 5.41) is 33.3. The zero-order valence-corrected chi connectivity index (χ0v) is 38.2. The summed E-state index contributed by atoms with van der Waals surface area (Å²) in [5.74, 6) is -0.506. The molecule has 5 nitrogen and oxygen atoms in total. The zero-order chi connectivity index (χ0) is 41.5. The number of hydrogen-bond acceptors (Lipinski definition) is 4. The Morgan fingerprint density at radius 1 is 0.439 bits per heavy atom. The number of unbranched alkanes of at least 4 members (excludes halogenated alkanes) is 34. The Kier molecular flexibility index (Phi) is 46.1. The van der Waals surface area contributed by atoms with Crippen LogP contribution < -0.4 is 5.32 Å². The summed E-state index contributed by atoms with van der Waals surface area (Å²) in [7, 11) is 0. The van der Waals surface area contributed by atoms with Crippen LogP contribution in [0.5, 0.6) is 0 Å². The van der Waals surface area contributed by atoms with Crippen molar-refractivity contribution in [2.45, 2.75) is 283 Å². The van der Waals surface area contributed by atoms with Crippen LogP contribution in [0.1, 0.15) is 264 Å². The molecule has 1 amide bonds. The van der Waals surface area contributed by atoms with Crippen LogP contribution in [0.3, 0.4) is 0 Å². The molecule has 0 heterocycles. The average molecular weight is 802 g/mol. The minimum atomic E-state index is -1.10. The average Bonchev–Trinajstić information content (AvgIpc) is 3.22. The molecule has 3 unspecified atom stereocenters. The third-order valence-corrected chi connectivity index (χ3v) is 11.7. The first-order valence-electron chi connectivity index (χ1n) is 25.3. The van der Waals surface area contributed by atoms with Gasteiger partial charge in [0.25, 0.3) is 0 Å². The van der Waals surface area contributed by atoms with E-state index < -0.39 is 24.2 Å². The van der Waals surface area contributed by atoms with E-state index in [1.54, 1.807) is 6.08 Å². The van der Waals surface area contributed by atoms with E-state index in [1.807, 2.05) is 6.08 Å². The fourth-order valence-electron chi connectivity index (χ4n) is 7.75. The van der Waals surface area contributed by atoms with Gasteiger partial charge in [-0.15, -0.1) is 0 Å². The maximum atomic E-state index is 12.5. The van der Waals surface area contributed by atoms with Gasteiger partial charge in [-0.3, -0.25) is 4.79 Å². The molecule has 0 aromatic heterocycles. The summed E-state index contributed by atoms with van der Waals surface area (Å²) in [5.41, 5.74) is 0. The lowest BCUT2D eigenvalue weighted by molar-refractivity contribution is -0.131. The predicted octanol–water partition coefficient (Wildman–Crippen LogP) is 15.1. The maximum Gasteiger partial charge on any atom is 0.249 e. The van der Waals surface area contributed by atoms with Crippen molar-refractivity contribution < 1.29 is 20.1 Å². The molecule has 0 fully saturated rings. The van der Waals surface area contributed by atoms with Gasteiger partial charge in [0.2, 0.25) is 5.91 Å². The summed E-state index contributed by atoms with van der Waals surface area (Å²) < 4.78 is 0. The van der Waals surface area contributed by atoms with Crippen LogP contribution in [0, 0.1) is 0 Å². The molecule has 0 aromatic carbocycles. The number of aliphatic hydroxyl groups excluding tert-OH is 3. The lowest BCUT2D eigenvalue weighted by Gasteiger charge is -2.21. The molecule has 0 bridgehead atoms. The number of allylic oxidation sites excluding steroid dienone is 5. The van der Waals surface area contributed by atoms with Gasteiger partial charge in [-0.25, -0.2) is 0 Å². The molecule has 0 rings (SSSR count). The molecule has 0 saturated carbocycles. The highest BCUT2D eigenvalue weighted by Crippen LogP contribution is 2.16. The molecule has 0 aliphatic rings. The summed E-state index contributed by atoms with van der Waals surface area (Å²) >= 11 is 0. The van der Waals surface area contributed by atoms with E-state index in [2.05, 4.69) is 43.5 Å². The fraction of sp³-hybridized carbons (Fsp3) is 0.865. The molecule has 5 heteroatoms. The summed E-state index contributed by atoms with van der Waals surface area (Å²) in [4.78, 5) is 12.5. The lowest BCUT2D eigenvalue weighted by atomic mass is 10.0. The first-order valence-corrected chi connectivity index (χ1v) is 25.3. The van der Waals surface area contributed by atoms with Gasteiger partial charge in [0.15, 0.2) is 0 Å². The van der Waals surface area contributed by atoms with E-state index in [0.29, 0.717) is 6.42 Å². The van der Waals surface area contributed by atoms with Crippen LogP contribution in [0.15, 0.2) is 36.5 Å². The van der Waals surface area contributed by atoms with Crippen molar-refractivity contribution in [2.24, 2.45) is 0 Å². The van der Waals surface area contributed by atoms with Crippen molar-refractivity contribution in [3.8, 4) is 0 Å². The number of carbonyl (C=O) groups excluding carboxylic acids is 1. The number of amides is 1. The Morgan fingerprint density at radius 2 is 0.754 bits per heavy atom. The molecule has 3 atom stereocenters. The number of hydrogen-bond donors (Lipinski definition) is 4. The van der Waals surface area contributed by atoms with E-state index >= 15 is 0 Å². The lowest BCUT2D eigenvalue weighted by Crippen LogP contribution is -2.48. The molecule has 0 saturated heterocycles. The van der Waals surface area contributed by atoms with Crippen molar-refractivity contribution in [1.29, 1.82) is 0 Å². The fourth-order valence-corrected chi connectivity index (χ4v) is 7.75. The van der Waals surface area contributed by atoms with E-state index in [4.69, 9.17) is 0 Å². The molecular weight excluding hydrogens is 703 g/mol. The summed E-state index contributed by atoms with van der Waals surface area (Å²) in [6.07, 6.45) is 60.5. The zero-order valence-electron chi connectivity index (χ0n) is 38.2. The highest BCUT2D eigenvalue weighted by molar-refractivity contribution is 5.80. The Bertz CT molecular complexity index is 885. The van der Waals surface area contributed by atoms with Crippen LogP contribution in [-0.2, 0) is 4.79 Å². The highest BCUT2D eigenvalue weighted by atomic mass is 16.3. The van der Waals surface area contributed by atoms with Gasteiger partial charge in [0.1, 0.15) is 6.10 Å². The van der Waals surface area contributed by atoms with Gasteiger partial charge in [-0.1, -0.05) is 249 Å². The van der Waals surface area contributed by atoms with Crippen LogP contribution >= 0.6 is 0 Å². The van der Waals surface area contributed by atoms with E-state index in [9.17, 15) is 20.1 Å². The SMILES string of the molecule is CCCCCCCCCCC/C=C\C/C=C\CCCCCCCCCCC(O)C(=O)NC(CO)C(O)/C=C/CCCCCCCCCCCCCCCCCCC. The molecule has 336 valence electrons. The van der Waals surface area contributed by atoms with E-state index in [1.165, 1.54) is 205 Å². The summed E-state index contributed by atoms with van der Waals surface area (Å²) in [6, 6.07) is -0.800. The van der Waals surface area contributed by atoms with Gasteiger partial charge in [-0.05, 0) is 51.4 Å². The second-order valence-electron chi connectivity index (χ2n) is 17.4. The molecule has 0 aliphatic carbocycles. The summed E-state index contributed by atoms with van der Waals surface area (Å²) in [6.45, 7) is 4.20. The smallest absolute Gasteiger partial charge is 0.249 e. The molecular formula is C52H99NO4. The molecule has 0 radical (unpaired) electrons. The van der Waals surface area contributed by atoms with Gasteiger partial charge in [0.05, 0.1) is 18.8 Å².